The molecule has 0 aliphatic carbocycles. The van der Waals surface area contributed by atoms with Crippen LogP contribution in [0.5, 0.6) is 0 Å². The fourth-order valence-corrected chi connectivity index (χ4v) is 2.38. The normalized spacial score (nSPS) is 26.7. The molecule has 1 unspecified atom stereocenters. The van der Waals surface area contributed by atoms with Gasteiger partial charge in [-0.05, 0) is 4.92 Å². The van der Waals surface area contributed by atoms with E-state index in [2.05, 4.69) is 4.98 Å². The summed E-state index contributed by atoms with van der Waals surface area (Å²) < 4.78 is 16.7. The first-order chi connectivity index (χ1) is 10.8. The molecule has 126 valence electrons. The van der Waals surface area contributed by atoms with E-state index in [1.807, 2.05) is 0 Å². The van der Waals surface area contributed by atoms with Crippen LogP contribution in [-0.4, -0.2) is 56.4 Å². The second-order valence-corrected chi connectivity index (χ2v) is 4.79. The van der Waals surface area contributed by atoms with Gasteiger partial charge in [-0.2, -0.15) is 4.57 Å². The lowest BCUT2D eigenvalue weighted by Crippen LogP contribution is -2.40. The zero-order chi connectivity index (χ0) is 17.1. The highest BCUT2D eigenvalue weighted by atomic mass is 16.7. The summed E-state index contributed by atoms with van der Waals surface area (Å²) in [4.78, 5) is 36.4. The predicted molar refractivity (Wildman–Crippen MR) is 71.0 cm³/mol. The smallest absolute Gasteiger partial charge is 0.436 e. The van der Waals surface area contributed by atoms with Crippen molar-refractivity contribution in [3.63, 3.8) is 0 Å². The van der Waals surface area contributed by atoms with Crippen molar-refractivity contribution in [2.45, 2.75) is 38.4 Å². The maximum Gasteiger partial charge on any atom is 0.436 e. The average Bonchev–Trinajstić information content (AvgIpc) is 3.04. The van der Waals surface area contributed by atoms with Crippen molar-refractivity contribution >= 4 is 17.9 Å². The first-order valence-electron chi connectivity index (χ1n) is 6.63. The molecule has 1 aromatic heterocycles. The van der Waals surface area contributed by atoms with Gasteiger partial charge in [-0.1, -0.05) is 4.98 Å². The number of aliphatic hydroxyl groups is 1. The monoisotopic (exact) mass is 329 g/mol. The Balaban J connectivity index is 2.39. The molecule has 1 fully saturated rings. The van der Waals surface area contributed by atoms with E-state index in [1.165, 1.54) is 12.4 Å². The van der Waals surface area contributed by atoms with Crippen LogP contribution in [0.4, 0.5) is 5.95 Å². The van der Waals surface area contributed by atoms with Crippen LogP contribution in [0.15, 0.2) is 12.4 Å². The zero-order valence-corrected chi connectivity index (χ0v) is 12.3. The molecule has 0 amide bonds. The number of nitro groups is 1. The van der Waals surface area contributed by atoms with E-state index in [9.17, 15) is 24.8 Å². The molecule has 2 rings (SSSR count). The summed E-state index contributed by atoms with van der Waals surface area (Å²) in [6.45, 7) is 1.75. The van der Waals surface area contributed by atoms with Crippen LogP contribution in [0.2, 0.25) is 0 Å². The van der Waals surface area contributed by atoms with E-state index in [0.717, 1.165) is 18.4 Å². The standard InChI is InChI=1S/C12H15N3O8/c1-6(17)21-9-8(5-16)23-11(10(9)22-7(2)18)14-4-3-13-12(14)15(19)20/h3-4,8-11,16H,5H2,1-2H3/t8-,9-,10-,11?/m1/s1. The van der Waals surface area contributed by atoms with Crippen LogP contribution in [0.25, 0.3) is 0 Å². The van der Waals surface area contributed by atoms with E-state index < -0.39 is 54.0 Å². The summed E-state index contributed by atoms with van der Waals surface area (Å²) in [5, 5.41) is 20.4. The molecular weight excluding hydrogens is 314 g/mol. The van der Waals surface area contributed by atoms with Gasteiger partial charge in [0.05, 0.1) is 6.61 Å². The number of ether oxygens (including phenoxy) is 3. The Morgan fingerprint density at radius 1 is 1.39 bits per heavy atom. The maximum absolute atomic E-state index is 11.3. The molecule has 1 aromatic rings. The summed E-state index contributed by atoms with van der Waals surface area (Å²) >= 11 is 0. The summed E-state index contributed by atoms with van der Waals surface area (Å²) in [5.41, 5.74) is 0. The number of esters is 2. The molecule has 23 heavy (non-hydrogen) atoms. The van der Waals surface area contributed by atoms with Crippen molar-refractivity contribution in [1.82, 2.24) is 9.55 Å². The highest BCUT2D eigenvalue weighted by Crippen LogP contribution is 2.35. The number of aromatic nitrogens is 2. The van der Waals surface area contributed by atoms with Gasteiger partial charge in [-0.25, -0.2) is 0 Å². The minimum atomic E-state index is -1.17. The van der Waals surface area contributed by atoms with E-state index in [0.29, 0.717) is 0 Å². The molecular formula is C12H15N3O8. The molecule has 0 spiro atoms. The SMILES string of the molecule is CC(=O)O[C@@H]1[C@@H](CO)OC(n2ccnc2[N+](=O)[O-])[C@@H]1OC(C)=O. The molecule has 0 aromatic carbocycles. The molecule has 1 aliphatic heterocycles. The quantitative estimate of drug-likeness (QED) is 0.431. The number of hydrogen-bond acceptors (Lipinski definition) is 9. The third kappa shape index (κ3) is 3.46. The van der Waals surface area contributed by atoms with Crippen molar-refractivity contribution in [3.8, 4) is 0 Å². The van der Waals surface area contributed by atoms with Crippen LogP contribution in [0, 0.1) is 10.1 Å². The number of carbonyl (C=O) groups is 2. The molecule has 11 heteroatoms. The van der Waals surface area contributed by atoms with Crippen LogP contribution >= 0.6 is 0 Å². The third-order valence-corrected chi connectivity index (χ3v) is 3.16. The molecule has 1 saturated heterocycles. The first kappa shape index (κ1) is 16.8. The third-order valence-electron chi connectivity index (χ3n) is 3.16. The fraction of sp³-hybridized carbons (Fsp3) is 0.583. The summed E-state index contributed by atoms with van der Waals surface area (Å²) in [7, 11) is 0. The van der Waals surface area contributed by atoms with E-state index in [-0.39, 0.29) is 0 Å². The minimum absolute atomic E-state index is 0.533. The lowest BCUT2D eigenvalue weighted by molar-refractivity contribution is -0.398. The molecule has 2 heterocycles. The summed E-state index contributed by atoms with van der Waals surface area (Å²) in [6.07, 6.45) is -1.99. The van der Waals surface area contributed by atoms with Gasteiger partial charge in [-0.3, -0.25) is 9.59 Å². The Kier molecular flexibility index (Phi) is 4.91. The molecule has 4 atom stereocenters. The predicted octanol–water partition coefficient (Wildman–Crippen LogP) is -0.456. The highest BCUT2D eigenvalue weighted by Gasteiger charge is 2.52. The molecule has 0 saturated carbocycles. The summed E-state index contributed by atoms with van der Waals surface area (Å²) in [5.74, 6) is -1.90. The first-order valence-corrected chi connectivity index (χ1v) is 6.63. The molecule has 0 bridgehead atoms. The van der Waals surface area contributed by atoms with Gasteiger partial charge >= 0.3 is 17.9 Å². The number of imidazole rings is 1. The lowest BCUT2D eigenvalue weighted by Gasteiger charge is -2.22. The van der Waals surface area contributed by atoms with Crippen molar-refractivity contribution in [2.75, 3.05) is 6.61 Å². The van der Waals surface area contributed by atoms with Gasteiger partial charge in [-0.15, -0.1) is 0 Å². The van der Waals surface area contributed by atoms with Crippen LogP contribution in [-0.2, 0) is 23.8 Å². The number of nitrogens with zero attached hydrogens (tertiary/aromatic N) is 3. The van der Waals surface area contributed by atoms with Crippen LogP contribution in [0.3, 0.4) is 0 Å². The highest BCUT2D eigenvalue weighted by molar-refractivity contribution is 5.67. The van der Waals surface area contributed by atoms with E-state index >= 15 is 0 Å². The number of carbonyl (C=O) groups excluding carboxylic acids is 2. The van der Waals surface area contributed by atoms with Crippen molar-refractivity contribution in [2.24, 2.45) is 0 Å². The molecule has 1 aliphatic rings. The molecule has 11 nitrogen and oxygen atoms in total. The number of aliphatic hydroxyl groups excluding tert-OH is 1. The minimum Gasteiger partial charge on any atom is -0.455 e. The Morgan fingerprint density at radius 2 is 2.00 bits per heavy atom. The number of rotatable bonds is 5. The van der Waals surface area contributed by atoms with Gasteiger partial charge < -0.3 is 29.4 Å². The van der Waals surface area contributed by atoms with Gasteiger partial charge in [0.15, 0.2) is 12.2 Å². The second kappa shape index (κ2) is 6.71. The van der Waals surface area contributed by atoms with E-state index in [4.69, 9.17) is 14.2 Å². The molecule has 0 radical (unpaired) electrons. The Hall–Kier alpha value is -2.53. The largest absolute Gasteiger partial charge is 0.455 e. The van der Waals surface area contributed by atoms with Gasteiger partial charge in [0.25, 0.3) is 0 Å². The van der Waals surface area contributed by atoms with Gasteiger partial charge in [0.1, 0.15) is 18.5 Å². The second-order valence-electron chi connectivity index (χ2n) is 4.79. The van der Waals surface area contributed by atoms with Gasteiger partial charge in [0, 0.05) is 13.8 Å². The van der Waals surface area contributed by atoms with E-state index in [1.54, 1.807) is 0 Å². The van der Waals surface area contributed by atoms with Crippen molar-refractivity contribution < 1.29 is 33.8 Å². The average molecular weight is 329 g/mol. The lowest BCUT2D eigenvalue weighted by atomic mass is 10.1. The van der Waals surface area contributed by atoms with Gasteiger partial charge in [0.2, 0.25) is 6.23 Å². The Morgan fingerprint density at radius 3 is 2.52 bits per heavy atom. The van der Waals surface area contributed by atoms with Crippen molar-refractivity contribution in [3.05, 3.63) is 22.5 Å². The topological polar surface area (TPSA) is 143 Å². The Labute approximate surface area is 129 Å². The zero-order valence-electron chi connectivity index (χ0n) is 12.3. The van der Waals surface area contributed by atoms with Crippen LogP contribution < -0.4 is 0 Å². The number of hydrogen-bond donors (Lipinski definition) is 1. The van der Waals surface area contributed by atoms with Crippen molar-refractivity contribution in [1.29, 1.82) is 0 Å². The maximum atomic E-state index is 11.3. The van der Waals surface area contributed by atoms with Crippen LogP contribution in [0.1, 0.15) is 20.1 Å². The fourth-order valence-electron chi connectivity index (χ4n) is 2.38. The molecule has 1 N–H and O–H groups in total. The summed E-state index contributed by atoms with van der Waals surface area (Å²) in [6, 6.07) is 0. The Bertz CT molecular complexity index is 615.